The molecule has 5 nitrogen and oxygen atoms in total. The quantitative estimate of drug-likeness (QED) is 0.171. The first-order valence-corrected chi connectivity index (χ1v) is 15.5. The van der Waals surface area contributed by atoms with Crippen molar-refractivity contribution in [2.24, 2.45) is 0 Å². The van der Waals surface area contributed by atoms with Gasteiger partial charge < -0.3 is 9.32 Å². The zero-order valence-corrected chi connectivity index (χ0v) is 25.9. The number of aromatic nitrogens is 3. The van der Waals surface area contributed by atoms with E-state index in [9.17, 15) is 5.48 Å². The fraction of sp³-hybridized carbons (Fsp3) is 0. The Balaban J connectivity index is 1.20. The van der Waals surface area contributed by atoms with Crippen molar-refractivity contribution < 1.29 is 23.6 Å². The van der Waals surface area contributed by atoms with Gasteiger partial charge in [-0.1, -0.05) is 115 Å². The van der Waals surface area contributed by atoms with Crippen LogP contribution < -0.4 is 4.90 Å². The van der Waals surface area contributed by atoms with Crippen molar-refractivity contribution in [1.29, 1.82) is 0 Å². The fourth-order valence-corrected chi connectivity index (χ4v) is 5.62. The Bertz CT molecular complexity index is 3190. The van der Waals surface area contributed by atoms with E-state index >= 15 is 0 Å². The summed E-state index contributed by atoms with van der Waals surface area (Å²) in [5.41, 5.74) is 0.965. The highest BCUT2D eigenvalue weighted by atomic mass is 16.3. The van der Waals surface area contributed by atoms with E-state index in [2.05, 4.69) is 0 Å². The average molecular weight is 657 g/mol. The van der Waals surface area contributed by atoms with Gasteiger partial charge in [-0.3, -0.25) is 0 Å². The number of hydrogen-bond acceptors (Lipinski definition) is 5. The van der Waals surface area contributed by atoms with Gasteiger partial charge in [-0.05, 0) is 77.7 Å². The van der Waals surface area contributed by atoms with Gasteiger partial charge in [0.1, 0.15) is 11.2 Å². The van der Waals surface area contributed by atoms with E-state index in [0.29, 0.717) is 49.9 Å². The Labute approximate surface area is 309 Å². The summed E-state index contributed by atoms with van der Waals surface area (Å²) in [7, 11) is 0. The van der Waals surface area contributed by atoms with E-state index in [0.717, 1.165) is 11.1 Å². The van der Waals surface area contributed by atoms with Gasteiger partial charge in [0.25, 0.3) is 0 Å². The Morgan fingerprint density at radius 1 is 0.400 bits per heavy atom. The van der Waals surface area contributed by atoms with Crippen LogP contribution >= 0.6 is 0 Å². The minimum absolute atomic E-state index is 0.184. The third kappa shape index (κ3) is 5.57. The highest BCUT2D eigenvalue weighted by molar-refractivity contribution is 6.07. The molecule has 0 spiro atoms. The molecular formula is C45H30N4O. The van der Waals surface area contributed by atoms with E-state index < -0.39 is 102 Å². The Hall–Kier alpha value is -6.85. The Kier molecular flexibility index (Phi) is 4.57. The molecule has 0 saturated carbocycles. The molecule has 0 aliphatic carbocycles. The van der Waals surface area contributed by atoms with Gasteiger partial charge >= 0.3 is 0 Å². The smallest absolute Gasteiger partial charge is 0.164 e. The number of rotatable bonds is 7. The van der Waals surface area contributed by atoms with E-state index in [1.54, 1.807) is 24.3 Å². The first-order chi connectivity index (χ1) is 30.6. The second-order valence-corrected chi connectivity index (χ2v) is 11.1. The molecule has 9 rings (SSSR count). The molecule has 0 saturated heterocycles. The number of para-hydroxylation sites is 2. The summed E-state index contributed by atoms with van der Waals surface area (Å²) < 4.78 is 128. The molecule has 0 aliphatic heterocycles. The van der Waals surface area contributed by atoms with Crippen molar-refractivity contribution >= 4 is 39.0 Å². The maximum Gasteiger partial charge on any atom is 0.164 e. The molecule has 236 valence electrons. The molecule has 0 fully saturated rings. The zero-order valence-electron chi connectivity index (χ0n) is 39.9. The molecule has 0 N–H and O–H groups in total. The summed E-state index contributed by atoms with van der Waals surface area (Å²) in [6.45, 7) is 0. The van der Waals surface area contributed by atoms with Crippen LogP contribution in [0.1, 0.15) is 19.2 Å². The number of benzene rings is 7. The largest absolute Gasteiger partial charge is 0.456 e. The summed E-state index contributed by atoms with van der Waals surface area (Å²) in [6, 6.07) is 18.2. The number of hydrogen-bond donors (Lipinski definition) is 0. The minimum Gasteiger partial charge on any atom is -0.456 e. The lowest BCUT2D eigenvalue weighted by Gasteiger charge is -2.25. The Morgan fingerprint density at radius 2 is 0.920 bits per heavy atom. The molecule has 7 aromatic carbocycles. The van der Waals surface area contributed by atoms with Crippen molar-refractivity contribution in [1.82, 2.24) is 15.0 Å². The van der Waals surface area contributed by atoms with E-state index in [4.69, 9.17) is 33.1 Å². The summed E-state index contributed by atoms with van der Waals surface area (Å²) >= 11 is 0. The Morgan fingerprint density at radius 3 is 1.50 bits per heavy atom. The molecule has 2 heterocycles. The lowest BCUT2D eigenvalue weighted by Crippen LogP contribution is -2.09. The van der Waals surface area contributed by atoms with Crippen LogP contribution in [0.15, 0.2) is 186 Å². The zero-order chi connectivity index (χ0) is 45.5. The molecule has 5 heteroatoms. The van der Waals surface area contributed by atoms with Gasteiger partial charge in [-0.2, -0.15) is 0 Å². The lowest BCUT2D eigenvalue weighted by molar-refractivity contribution is 0.669. The monoisotopic (exact) mass is 656 g/mol. The lowest BCUT2D eigenvalue weighted by atomic mass is 10.0. The van der Waals surface area contributed by atoms with Gasteiger partial charge in [0, 0.05) is 44.5 Å². The summed E-state index contributed by atoms with van der Waals surface area (Å²) in [4.78, 5) is 15.1. The first kappa shape index (κ1) is 18.1. The van der Waals surface area contributed by atoms with Crippen molar-refractivity contribution in [3.8, 4) is 45.3 Å². The number of anilines is 3. The predicted octanol–water partition coefficient (Wildman–Crippen LogP) is 11.9. The summed E-state index contributed by atoms with van der Waals surface area (Å²) in [6.07, 6.45) is 0. The SMILES string of the molecule is [2H]c1c([2H])c([2H])c(N(c2c([2H])c([2H])c([2H])c([2H])c2[2H])c2c([2H])c([2H])c(-c3ccc4c(c3)oc3ccc(-c5nc(-c6ccccc6)nc(-c6ccccc6)n5)cc34)c([2H])c2[2H])c([2H])c1[2H]. The van der Waals surface area contributed by atoms with Crippen molar-refractivity contribution in [3.05, 3.63) is 182 Å². The van der Waals surface area contributed by atoms with Crippen LogP contribution in [0, 0.1) is 0 Å². The molecule has 0 radical (unpaired) electrons. The molecule has 0 unspecified atom stereocenters. The van der Waals surface area contributed by atoms with Crippen LogP contribution in [0.3, 0.4) is 0 Å². The van der Waals surface area contributed by atoms with E-state index in [1.165, 1.54) is 0 Å². The van der Waals surface area contributed by atoms with Crippen LogP contribution in [0.25, 0.3) is 67.2 Å². The van der Waals surface area contributed by atoms with Crippen molar-refractivity contribution in [2.75, 3.05) is 4.90 Å². The van der Waals surface area contributed by atoms with Crippen LogP contribution in [0.2, 0.25) is 0 Å². The first-order valence-electron chi connectivity index (χ1n) is 22.5. The predicted molar refractivity (Wildman–Crippen MR) is 204 cm³/mol. The summed E-state index contributed by atoms with van der Waals surface area (Å²) in [5, 5.41) is 1.35. The topological polar surface area (TPSA) is 55.1 Å². The number of furan rings is 1. The molecular weight excluding hydrogens is 613 g/mol. The van der Waals surface area contributed by atoms with E-state index in [-0.39, 0.29) is 11.1 Å². The standard InChI is InChI=1S/C45H30N4O/c1-5-13-32(14-6-1)43-46-44(33-15-7-2-8-16-33)48-45(47-43)35-24-28-41-40(29-35)39-27-23-34(30-42(39)50-41)31-21-25-38(26-22-31)49(36-17-9-3-10-18-36)37-19-11-4-12-20-37/h1-30H/i3D,4D,9D,10D,11D,12D,17D,18D,19D,20D,21D,22D,25D,26D. The maximum atomic E-state index is 9.25. The van der Waals surface area contributed by atoms with Gasteiger partial charge in [0.2, 0.25) is 0 Å². The van der Waals surface area contributed by atoms with Gasteiger partial charge in [0.15, 0.2) is 17.5 Å². The minimum atomic E-state index is -0.874. The number of fused-ring (bicyclic) bond motifs is 3. The second kappa shape index (κ2) is 12.6. The van der Waals surface area contributed by atoms with Crippen molar-refractivity contribution in [3.63, 3.8) is 0 Å². The molecule has 2 aromatic heterocycles. The van der Waals surface area contributed by atoms with Gasteiger partial charge in [-0.25, -0.2) is 15.0 Å². The molecule has 0 bridgehead atoms. The van der Waals surface area contributed by atoms with Crippen LogP contribution in [0.5, 0.6) is 0 Å². The number of nitrogens with zero attached hydrogens (tertiary/aromatic N) is 4. The summed E-state index contributed by atoms with van der Waals surface area (Å²) in [5.74, 6) is 1.40. The molecule has 0 amide bonds. The van der Waals surface area contributed by atoms with Crippen molar-refractivity contribution in [2.45, 2.75) is 0 Å². The highest BCUT2D eigenvalue weighted by Gasteiger charge is 2.16. The molecule has 0 atom stereocenters. The van der Waals surface area contributed by atoms with Crippen LogP contribution in [0.4, 0.5) is 17.1 Å². The van der Waals surface area contributed by atoms with Gasteiger partial charge in [0.05, 0.1) is 19.2 Å². The maximum absolute atomic E-state index is 9.25. The average Bonchev–Trinajstić information content (AvgIpc) is 3.68. The van der Waals surface area contributed by atoms with Crippen LogP contribution in [-0.2, 0) is 0 Å². The highest BCUT2D eigenvalue weighted by Crippen LogP contribution is 2.38. The fourth-order valence-electron chi connectivity index (χ4n) is 5.62. The molecule has 9 aromatic rings. The van der Waals surface area contributed by atoms with Crippen LogP contribution in [-0.4, -0.2) is 15.0 Å². The third-order valence-corrected chi connectivity index (χ3v) is 7.97. The normalized spacial score (nSPS) is 15.1. The van der Waals surface area contributed by atoms with E-state index in [1.807, 2.05) is 72.8 Å². The molecule has 50 heavy (non-hydrogen) atoms. The second-order valence-electron chi connectivity index (χ2n) is 11.1. The third-order valence-electron chi connectivity index (χ3n) is 7.97. The molecule has 0 aliphatic rings. The van der Waals surface area contributed by atoms with Gasteiger partial charge in [-0.15, -0.1) is 0 Å².